The van der Waals surface area contributed by atoms with Crippen LogP contribution in [0.15, 0.2) is 5.16 Å². The van der Waals surface area contributed by atoms with Crippen molar-refractivity contribution >= 4 is 11.7 Å². The Kier molecular flexibility index (Phi) is 5.42. The maximum absolute atomic E-state index is 12.8. The van der Waals surface area contributed by atoms with Gasteiger partial charge in [0.1, 0.15) is 0 Å². The fraction of sp³-hybridized carbons (Fsp3) is 0.933. The van der Waals surface area contributed by atoms with Crippen LogP contribution in [0.1, 0.15) is 113 Å². The van der Waals surface area contributed by atoms with E-state index in [1.165, 1.54) is 25.7 Å². The zero-order chi connectivity index (χ0) is 24.9. The molecular weight excluding hydrogens is 422 g/mol. The Morgan fingerprint density at radius 2 is 1.59 bits per heavy atom. The van der Waals surface area contributed by atoms with Gasteiger partial charge in [0.2, 0.25) is 0 Å². The molecule has 5 aliphatic carbocycles. The predicted octanol–water partition coefficient (Wildman–Crippen LogP) is 7.64. The molecule has 0 amide bonds. The van der Waals surface area contributed by atoms with Crippen LogP contribution in [-0.4, -0.2) is 22.0 Å². The number of fused-ring (bicyclic) bond motifs is 7. The van der Waals surface area contributed by atoms with Crippen LogP contribution in [-0.2, 0) is 4.79 Å². The van der Waals surface area contributed by atoms with Crippen molar-refractivity contribution in [2.75, 3.05) is 0 Å². The van der Waals surface area contributed by atoms with E-state index in [0.29, 0.717) is 35.5 Å². The molecule has 5 fully saturated rings. The Balaban J connectivity index is 1.56. The van der Waals surface area contributed by atoms with Gasteiger partial charge in [0.15, 0.2) is 0 Å². The first-order valence-electron chi connectivity index (χ1n) is 14.2. The second kappa shape index (κ2) is 7.48. The minimum atomic E-state index is -0.504. The normalized spacial score (nSPS) is 53.1. The minimum Gasteiger partial charge on any atom is -0.481 e. The van der Waals surface area contributed by atoms with Crippen LogP contribution in [0.2, 0.25) is 0 Å². The maximum atomic E-state index is 12.8. The summed E-state index contributed by atoms with van der Waals surface area (Å²) in [6, 6.07) is 0. The smallest absolute Gasteiger partial charge is 0.309 e. The van der Waals surface area contributed by atoms with E-state index in [2.05, 4.69) is 53.6 Å². The minimum absolute atomic E-state index is 0.0555. The summed E-state index contributed by atoms with van der Waals surface area (Å²) >= 11 is 0. The highest BCUT2D eigenvalue weighted by atomic mass is 16.4. The molecule has 5 rings (SSSR count). The molecule has 0 bridgehead atoms. The second-order valence-electron chi connectivity index (χ2n) is 14.9. The summed E-state index contributed by atoms with van der Waals surface area (Å²) < 4.78 is 0. The van der Waals surface area contributed by atoms with Gasteiger partial charge < -0.3 is 10.3 Å². The molecule has 4 heteroatoms. The molecule has 2 N–H and O–H groups in total. The molecule has 0 aliphatic heterocycles. The van der Waals surface area contributed by atoms with Crippen LogP contribution in [0.5, 0.6) is 0 Å². The Bertz CT molecular complexity index is 893. The standard InChI is InChI=1S/C30H49NO3/c1-18(2)19-10-15-30(25(32)33)17-16-28(6)20(24(19)30)8-9-22-27(5)13-12-23(31-34)26(3,4)21(27)11-14-29(22,28)7/h18-22,24,34H,8-17H2,1-7H3,(H,32,33)/b31-23+/t19-,20+,21-,22+,24+,27-,28+,29+,30-/m0/s1. The van der Waals surface area contributed by atoms with Crippen LogP contribution in [0.3, 0.4) is 0 Å². The van der Waals surface area contributed by atoms with Crippen molar-refractivity contribution in [3.63, 3.8) is 0 Å². The SMILES string of the molecule is CC(C)[C@@H]1CC[C@]2(C(=O)O)CC[C@]3(C)[C@H](CC[C@@H]4[C@@]5(C)CC/C(=N\O)C(C)(C)[C@@H]5CC[C@]43C)[C@@H]12. The number of nitrogens with zero attached hydrogens (tertiary/aromatic N) is 1. The Hall–Kier alpha value is -1.06. The van der Waals surface area contributed by atoms with Gasteiger partial charge in [-0.2, -0.15) is 0 Å². The van der Waals surface area contributed by atoms with Crippen LogP contribution < -0.4 is 0 Å². The first-order valence-corrected chi connectivity index (χ1v) is 14.2. The monoisotopic (exact) mass is 471 g/mol. The van der Waals surface area contributed by atoms with Gasteiger partial charge in [-0.3, -0.25) is 4.79 Å². The fourth-order valence-corrected chi connectivity index (χ4v) is 11.8. The Morgan fingerprint density at radius 1 is 0.882 bits per heavy atom. The van der Waals surface area contributed by atoms with Crippen LogP contribution in [0.4, 0.5) is 0 Å². The van der Waals surface area contributed by atoms with Crippen molar-refractivity contribution < 1.29 is 15.1 Å². The molecule has 0 radical (unpaired) electrons. The summed E-state index contributed by atoms with van der Waals surface area (Å²) in [7, 11) is 0. The summed E-state index contributed by atoms with van der Waals surface area (Å²) in [4.78, 5) is 12.8. The predicted molar refractivity (Wildman–Crippen MR) is 136 cm³/mol. The van der Waals surface area contributed by atoms with E-state index in [4.69, 9.17) is 0 Å². The van der Waals surface area contributed by atoms with Crippen molar-refractivity contribution in [3.8, 4) is 0 Å². The third kappa shape index (κ3) is 2.78. The molecule has 0 aromatic carbocycles. The van der Waals surface area contributed by atoms with E-state index in [0.717, 1.165) is 44.2 Å². The molecule has 0 unspecified atom stereocenters. The van der Waals surface area contributed by atoms with Crippen LogP contribution in [0.25, 0.3) is 0 Å². The topological polar surface area (TPSA) is 69.9 Å². The molecule has 5 aliphatic rings. The van der Waals surface area contributed by atoms with Crippen molar-refractivity contribution in [1.82, 2.24) is 0 Å². The van der Waals surface area contributed by atoms with Gasteiger partial charge in [-0.1, -0.05) is 53.6 Å². The zero-order valence-corrected chi connectivity index (χ0v) is 22.8. The van der Waals surface area contributed by atoms with E-state index < -0.39 is 11.4 Å². The van der Waals surface area contributed by atoms with E-state index in [-0.39, 0.29) is 21.7 Å². The lowest BCUT2D eigenvalue weighted by Gasteiger charge is -2.72. The van der Waals surface area contributed by atoms with Crippen molar-refractivity contribution in [2.45, 2.75) is 113 Å². The lowest BCUT2D eigenvalue weighted by atomic mass is 9.32. The molecule has 0 heterocycles. The lowest BCUT2D eigenvalue weighted by Crippen LogP contribution is -2.66. The number of rotatable bonds is 2. The number of carboxylic acid groups (broad SMARTS) is 1. The van der Waals surface area contributed by atoms with Crippen LogP contribution in [0, 0.1) is 62.6 Å². The fourth-order valence-electron chi connectivity index (χ4n) is 11.8. The van der Waals surface area contributed by atoms with E-state index >= 15 is 0 Å². The summed E-state index contributed by atoms with van der Waals surface area (Å²) in [5, 5.41) is 24.1. The summed E-state index contributed by atoms with van der Waals surface area (Å²) in [6.45, 7) is 17.1. The van der Waals surface area contributed by atoms with Crippen molar-refractivity contribution in [1.29, 1.82) is 0 Å². The summed E-state index contributed by atoms with van der Waals surface area (Å²) in [5.74, 6) is 2.68. The van der Waals surface area contributed by atoms with Gasteiger partial charge in [-0.05, 0) is 116 Å². The number of hydrogen-bond acceptors (Lipinski definition) is 3. The number of aliphatic carboxylic acids is 1. The van der Waals surface area contributed by atoms with Gasteiger partial charge in [-0.25, -0.2) is 0 Å². The van der Waals surface area contributed by atoms with Crippen molar-refractivity contribution in [2.24, 2.45) is 67.7 Å². The summed E-state index contributed by atoms with van der Waals surface area (Å²) in [6.07, 6.45) is 10.8. The van der Waals surface area contributed by atoms with Gasteiger partial charge >= 0.3 is 5.97 Å². The van der Waals surface area contributed by atoms with Gasteiger partial charge in [0, 0.05) is 5.41 Å². The van der Waals surface area contributed by atoms with E-state index in [9.17, 15) is 15.1 Å². The number of carboxylic acids is 1. The molecule has 192 valence electrons. The lowest BCUT2D eigenvalue weighted by molar-refractivity contribution is -0.232. The molecule has 0 aromatic heterocycles. The van der Waals surface area contributed by atoms with Gasteiger partial charge in [-0.15, -0.1) is 0 Å². The third-order valence-electron chi connectivity index (χ3n) is 13.7. The first-order chi connectivity index (χ1) is 15.8. The molecule has 9 atom stereocenters. The van der Waals surface area contributed by atoms with Gasteiger partial charge in [0.05, 0.1) is 11.1 Å². The highest BCUT2D eigenvalue weighted by Gasteiger charge is 2.72. The molecule has 0 aromatic rings. The number of hydrogen-bond donors (Lipinski definition) is 2. The van der Waals surface area contributed by atoms with E-state index in [1.54, 1.807) is 0 Å². The zero-order valence-electron chi connectivity index (χ0n) is 22.8. The largest absolute Gasteiger partial charge is 0.481 e. The van der Waals surface area contributed by atoms with Crippen LogP contribution >= 0.6 is 0 Å². The highest BCUT2D eigenvalue weighted by molar-refractivity contribution is 5.90. The molecule has 0 spiro atoms. The second-order valence-corrected chi connectivity index (χ2v) is 14.9. The summed E-state index contributed by atoms with van der Waals surface area (Å²) in [5.41, 5.74) is 1.17. The third-order valence-corrected chi connectivity index (χ3v) is 13.7. The highest BCUT2D eigenvalue weighted by Crippen LogP contribution is 2.77. The first kappa shape index (κ1) is 24.6. The Morgan fingerprint density at radius 3 is 2.21 bits per heavy atom. The van der Waals surface area contributed by atoms with E-state index in [1.807, 2.05) is 0 Å². The quantitative estimate of drug-likeness (QED) is 0.321. The Labute approximate surface area is 207 Å². The number of oxime groups is 1. The number of carbonyl (C=O) groups is 1. The average Bonchev–Trinajstić information content (AvgIpc) is 3.15. The molecule has 5 saturated carbocycles. The molecular formula is C30H49NO3. The molecule has 4 nitrogen and oxygen atoms in total. The van der Waals surface area contributed by atoms with Crippen molar-refractivity contribution in [3.05, 3.63) is 0 Å². The van der Waals surface area contributed by atoms with Gasteiger partial charge in [0.25, 0.3) is 0 Å². The molecule has 34 heavy (non-hydrogen) atoms. The molecule has 0 saturated heterocycles. The maximum Gasteiger partial charge on any atom is 0.309 e. The average molecular weight is 472 g/mol.